The second kappa shape index (κ2) is 5.34. The van der Waals surface area contributed by atoms with Crippen molar-refractivity contribution in [3.05, 3.63) is 53.1 Å². The van der Waals surface area contributed by atoms with Crippen molar-refractivity contribution in [1.82, 2.24) is 10.3 Å². The zero-order valence-electron chi connectivity index (χ0n) is 10.8. The molecule has 5 nitrogen and oxygen atoms in total. The van der Waals surface area contributed by atoms with Gasteiger partial charge < -0.3 is 14.2 Å². The van der Waals surface area contributed by atoms with Crippen LogP contribution in [0.15, 0.2) is 45.6 Å². The van der Waals surface area contributed by atoms with Crippen LogP contribution in [-0.2, 0) is 6.54 Å². The minimum Gasteiger partial charge on any atom is -0.462 e. The van der Waals surface area contributed by atoms with Crippen molar-refractivity contribution in [3.63, 3.8) is 0 Å². The Morgan fingerprint density at radius 3 is 2.80 bits per heavy atom. The van der Waals surface area contributed by atoms with Gasteiger partial charge in [0.05, 0.1) is 24.8 Å². The van der Waals surface area contributed by atoms with E-state index in [1.165, 1.54) is 17.6 Å². The molecular weight excluding hydrogens is 276 g/mol. The van der Waals surface area contributed by atoms with E-state index < -0.39 is 0 Å². The summed E-state index contributed by atoms with van der Waals surface area (Å²) in [5.41, 5.74) is 0.890. The molecular formula is C14H12N2O3S. The molecule has 3 aromatic heterocycles. The van der Waals surface area contributed by atoms with Crippen molar-refractivity contribution in [2.24, 2.45) is 0 Å². The smallest absolute Gasteiger partial charge is 0.287 e. The molecule has 1 amide bonds. The van der Waals surface area contributed by atoms with E-state index in [0.29, 0.717) is 12.3 Å². The second-order valence-electron chi connectivity index (χ2n) is 4.16. The SMILES string of the molecule is Cc1nc(-c2ccco2)sc1CNC(=O)c1ccco1. The van der Waals surface area contributed by atoms with E-state index in [1.807, 2.05) is 19.1 Å². The lowest BCUT2D eigenvalue weighted by molar-refractivity contribution is 0.0923. The van der Waals surface area contributed by atoms with Gasteiger partial charge in [-0.05, 0) is 31.2 Å². The highest BCUT2D eigenvalue weighted by Crippen LogP contribution is 2.28. The van der Waals surface area contributed by atoms with Crippen molar-refractivity contribution < 1.29 is 13.6 Å². The Balaban J connectivity index is 1.71. The number of nitrogens with zero attached hydrogens (tertiary/aromatic N) is 1. The molecule has 0 radical (unpaired) electrons. The molecule has 0 spiro atoms. The Labute approximate surface area is 119 Å². The molecule has 3 heterocycles. The summed E-state index contributed by atoms with van der Waals surface area (Å²) in [5, 5.41) is 3.62. The van der Waals surface area contributed by atoms with Crippen LogP contribution in [-0.4, -0.2) is 10.9 Å². The molecule has 0 aliphatic rings. The van der Waals surface area contributed by atoms with Crippen LogP contribution in [0.4, 0.5) is 0 Å². The van der Waals surface area contributed by atoms with E-state index >= 15 is 0 Å². The molecule has 102 valence electrons. The van der Waals surface area contributed by atoms with Crippen molar-refractivity contribution in [1.29, 1.82) is 0 Å². The molecule has 20 heavy (non-hydrogen) atoms. The van der Waals surface area contributed by atoms with Crippen molar-refractivity contribution in [2.45, 2.75) is 13.5 Å². The molecule has 0 aromatic carbocycles. The number of rotatable bonds is 4. The summed E-state index contributed by atoms with van der Waals surface area (Å²) < 4.78 is 10.4. The third kappa shape index (κ3) is 2.50. The first-order valence-corrected chi connectivity index (χ1v) is 6.87. The van der Waals surface area contributed by atoms with Gasteiger partial charge in [-0.1, -0.05) is 0 Å². The summed E-state index contributed by atoms with van der Waals surface area (Å²) in [5.74, 6) is 0.808. The van der Waals surface area contributed by atoms with Crippen LogP contribution < -0.4 is 5.32 Å². The van der Waals surface area contributed by atoms with Crippen molar-refractivity contribution >= 4 is 17.2 Å². The normalized spacial score (nSPS) is 10.7. The number of hydrogen-bond donors (Lipinski definition) is 1. The first-order valence-electron chi connectivity index (χ1n) is 6.06. The van der Waals surface area contributed by atoms with E-state index in [-0.39, 0.29) is 5.91 Å². The highest BCUT2D eigenvalue weighted by Gasteiger charge is 2.13. The van der Waals surface area contributed by atoms with Gasteiger partial charge >= 0.3 is 0 Å². The van der Waals surface area contributed by atoms with E-state index in [0.717, 1.165) is 21.3 Å². The van der Waals surface area contributed by atoms with E-state index in [2.05, 4.69) is 10.3 Å². The lowest BCUT2D eigenvalue weighted by atomic mass is 10.3. The molecule has 3 rings (SSSR count). The lowest BCUT2D eigenvalue weighted by Gasteiger charge is -2.01. The van der Waals surface area contributed by atoms with Gasteiger partial charge in [-0.3, -0.25) is 4.79 Å². The van der Waals surface area contributed by atoms with Crippen LogP contribution in [0, 0.1) is 6.92 Å². The molecule has 0 atom stereocenters. The first-order chi connectivity index (χ1) is 9.74. The molecule has 0 fully saturated rings. The maximum Gasteiger partial charge on any atom is 0.287 e. The predicted octanol–water partition coefficient (Wildman–Crippen LogP) is 3.23. The predicted molar refractivity (Wildman–Crippen MR) is 74.4 cm³/mol. The molecule has 0 saturated carbocycles. The molecule has 0 bridgehead atoms. The van der Waals surface area contributed by atoms with Gasteiger partial charge in [0.15, 0.2) is 16.5 Å². The molecule has 0 aliphatic heterocycles. The van der Waals surface area contributed by atoms with Gasteiger partial charge in [-0.2, -0.15) is 0 Å². The van der Waals surface area contributed by atoms with Crippen molar-refractivity contribution in [2.75, 3.05) is 0 Å². The van der Waals surface area contributed by atoms with Gasteiger partial charge in [-0.25, -0.2) is 4.98 Å². The third-order valence-electron chi connectivity index (χ3n) is 2.78. The summed E-state index contributed by atoms with van der Waals surface area (Å²) in [6.07, 6.45) is 3.09. The number of furan rings is 2. The standard InChI is InChI=1S/C14H12N2O3S/c1-9-12(8-15-13(17)10-4-2-6-18-10)20-14(16-9)11-5-3-7-19-11/h2-7H,8H2,1H3,(H,15,17). The number of carbonyl (C=O) groups is 1. The van der Waals surface area contributed by atoms with Crippen LogP contribution in [0.1, 0.15) is 21.1 Å². The zero-order valence-corrected chi connectivity index (χ0v) is 11.6. The quantitative estimate of drug-likeness (QED) is 0.800. The lowest BCUT2D eigenvalue weighted by Crippen LogP contribution is -2.22. The molecule has 0 saturated heterocycles. The summed E-state index contributed by atoms with van der Waals surface area (Å²) in [4.78, 5) is 17.2. The van der Waals surface area contributed by atoms with Gasteiger partial charge in [0.25, 0.3) is 5.91 Å². The molecule has 6 heteroatoms. The Morgan fingerprint density at radius 2 is 2.10 bits per heavy atom. The number of hydrogen-bond acceptors (Lipinski definition) is 5. The van der Waals surface area contributed by atoms with Gasteiger partial charge in [0, 0.05) is 4.88 Å². The van der Waals surface area contributed by atoms with Crippen molar-refractivity contribution in [3.8, 4) is 10.8 Å². The highest BCUT2D eigenvalue weighted by atomic mass is 32.1. The molecule has 0 aliphatic carbocycles. The Kier molecular flexibility index (Phi) is 3.39. The fourth-order valence-corrected chi connectivity index (χ4v) is 2.72. The fraction of sp³-hybridized carbons (Fsp3) is 0.143. The minimum absolute atomic E-state index is 0.234. The molecule has 0 unspecified atom stereocenters. The van der Waals surface area contributed by atoms with Crippen LogP contribution in [0.5, 0.6) is 0 Å². The minimum atomic E-state index is -0.234. The number of aryl methyl sites for hydroxylation is 1. The molecule has 3 aromatic rings. The Hall–Kier alpha value is -2.34. The summed E-state index contributed by atoms with van der Waals surface area (Å²) in [6, 6.07) is 7.00. The van der Waals surface area contributed by atoms with Crippen LogP contribution in [0.3, 0.4) is 0 Å². The second-order valence-corrected chi connectivity index (χ2v) is 5.25. The summed E-state index contributed by atoms with van der Waals surface area (Å²) in [6.45, 7) is 2.33. The van der Waals surface area contributed by atoms with Crippen LogP contribution in [0.2, 0.25) is 0 Å². The summed E-state index contributed by atoms with van der Waals surface area (Å²) in [7, 11) is 0. The Morgan fingerprint density at radius 1 is 1.30 bits per heavy atom. The maximum absolute atomic E-state index is 11.8. The zero-order chi connectivity index (χ0) is 13.9. The largest absolute Gasteiger partial charge is 0.462 e. The van der Waals surface area contributed by atoms with E-state index in [4.69, 9.17) is 8.83 Å². The maximum atomic E-state index is 11.8. The first kappa shape index (κ1) is 12.7. The number of carbonyl (C=O) groups excluding carboxylic acids is 1. The summed E-state index contributed by atoms with van der Waals surface area (Å²) >= 11 is 1.51. The van der Waals surface area contributed by atoms with Gasteiger partial charge in [0.1, 0.15) is 0 Å². The Bertz CT molecular complexity index is 699. The number of amides is 1. The fourth-order valence-electron chi connectivity index (χ4n) is 1.75. The topological polar surface area (TPSA) is 68.3 Å². The molecule has 1 N–H and O–H groups in total. The van der Waals surface area contributed by atoms with Crippen LogP contribution in [0.25, 0.3) is 10.8 Å². The average Bonchev–Trinajstić information content (AvgIpc) is 3.18. The van der Waals surface area contributed by atoms with Gasteiger partial charge in [-0.15, -0.1) is 11.3 Å². The van der Waals surface area contributed by atoms with Crippen LogP contribution >= 0.6 is 11.3 Å². The van der Waals surface area contributed by atoms with E-state index in [9.17, 15) is 4.79 Å². The number of thiazole rings is 1. The third-order valence-corrected chi connectivity index (χ3v) is 3.95. The van der Waals surface area contributed by atoms with Gasteiger partial charge in [0.2, 0.25) is 0 Å². The number of aromatic nitrogens is 1. The average molecular weight is 288 g/mol. The van der Waals surface area contributed by atoms with E-state index in [1.54, 1.807) is 18.4 Å². The monoisotopic (exact) mass is 288 g/mol. The highest BCUT2D eigenvalue weighted by molar-refractivity contribution is 7.15. The number of nitrogens with one attached hydrogen (secondary N) is 1.